The average Bonchev–Trinajstić information content (AvgIpc) is 2.48. The van der Waals surface area contributed by atoms with Crippen LogP contribution in [0.3, 0.4) is 0 Å². The lowest BCUT2D eigenvalue weighted by atomic mass is 10.1. The molecule has 1 amide bonds. The van der Waals surface area contributed by atoms with Crippen LogP contribution < -0.4 is 5.32 Å². The Kier molecular flexibility index (Phi) is 5.51. The van der Waals surface area contributed by atoms with E-state index in [9.17, 15) is 18.0 Å². The van der Waals surface area contributed by atoms with E-state index in [-0.39, 0.29) is 34.5 Å². The zero-order valence-corrected chi connectivity index (χ0v) is 14.4. The van der Waals surface area contributed by atoms with Gasteiger partial charge in [-0.05, 0) is 18.2 Å². The van der Waals surface area contributed by atoms with Gasteiger partial charge >= 0.3 is 5.97 Å². The first-order valence-corrected chi connectivity index (χ1v) is 8.78. The molecule has 10 heteroatoms. The monoisotopic (exact) mass is 380 g/mol. The van der Waals surface area contributed by atoms with Crippen molar-refractivity contribution in [2.24, 2.45) is 0 Å². The summed E-state index contributed by atoms with van der Waals surface area (Å²) in [5.41, 5.74) is 0. The molecule has 0 saturated carbocycles. The molecule has 2 rings (SSSR count). The van der Waals surface area contributed by atoms with E-state index in [0.29, 0.717) is 0 Å². The quantitative estimate of drug-likeness (QED) is 0.787. The molecule has 0 bridgehead atoms. The van der Waals surface area contributed by atoms with Crippen molar-refractivity contribution < 1.29 is 22.7 Å². The molecule has 0 aliphatic carbocycles. The summed E-state index contributed by atoms with van der Waals surface area (Å²) in [5.74, 6) is -1.24. The van der Waals surface area contributed by atoms with Crippen molar-refractivity contribution in [3.63, 3.8) is 0 Å². The number of esters is 1. The van der Waals surface area contributed by atoms with Gasteiger partial charge in [0.2, 0.25) is 15.9 Å². The third-order valence-electron chi connectivity index (χ3n) is 3.31. The molecule has 1 fully saturated rings. The summed E-state index contributed by atoms with van der Waals surface area (Å²) < 4.78 is 31.1. The first-order chi connectivity index (χ1) is 10.8. The minimum Gasteiger partial charge on any atom is -0.469 e. The van der Waals surface area contributed by atoms with Crippen molar-refractivity contribution in [1.82, 2.24) is 9.62 Å². The second kappa shape index (κ2) is 7.04. The summed E-state index contributed by atoms with van der Waals surface area (Å²) in [5, 5.41) is 2.84. The Hall–Kier alpha value is -1.35. The van der Waals surface area contributed by atoms with Crippen LogP contribution in [-0.4, -0.2) is 50.8 Å². The van der Waals surface area contributed by atoms with Gasteiger partial charge in [-0.3, -0.25) is 9.59 Å². The fourth-order valence-corrected chi connectivity index (χ4v) is 4.54. The molecule has 1 heterocycles. The lowest BCUT2D eigenvalue weighted by molar-refractivity contribution is -0.144. The lowest BCUT2D eigenvalue weighted by Crippen LogP contribution is -2.57. The normalized spacial score (nSPS) is 19.3. The van der Waals surface area contributed by atoms with Gasteiger partial charge in [-0.15, -0.1) is 0 Å². The van der Waals surface area contributed by atoms with Gasteiger partial charge in [-0.1, -0.05) is 23.2 Å². The highest BCUT2D eigenvalue weighted by Gasteiger charge is 2.40. The van der Waals surface area contributed by atoms with Gasteiger partial charge in [0.25, 0.3) is 0 Å². The molecule has 126 valence electrons. The van der Waals surface area contributed by atoms with E-state index in [1.54, 1.807) is 0 Å². The fourth-order valence-electron chi connectivity index (χ4n) is 2.23. The van der Waals surface area contributed by atoms with Gasteiger partial charge in [-0.25, -0.2) is 8.42 Å². The number of rotatable bonds is 4. The molecular weight excluding hydrogens is 367 g/mol. The van der Waals surface area contributed by atoms with Crippen LogP contribution in [0.15, 0.2) is 23.1 Å². The maximum absolute atomic E-state index is 12.8. The number of piperazine rings is 1. The van der Waals surface area contributed by atoms with Crippen LogP contribution >= 0.6 is 23.2 Å². The van der Waals surface area contributed by atoms with E-state index in [1.807, 2.05) is 0 Å². The molecule has 0 spiro atoms. The van der Waals surface area contributed by atoms with Crippen molar-refractivity contribution in [2.45, 2.75) is 17.4 Å². The highest BCUT2D eigenvalue weighted by molar-refractivity contribution is 7.89. The van der Waals surface area contributed by atoms with Gasteiger partial charge in [0.1, 0.15) is 6.04 Å². The number of amides is 1. The number of carbonyl (C=O) groups is 2. The average molecular weight is 381 g/mol. The number of methoxy groups -OCH3 is 1. The molecular formula is C13H14Cl2N2O5S. The number of nitrogens with one attached hydrogen (secondary N) is 1. The Morgan fingerprint density at radius 3 is 2.52 bits per heavy atom. The Balaban J connectivity index is 2.42. The topological polar surface area (TPSA) is 92.8 Å². The highest BCUT2D eigenvalue weighted by Crippen LogP contribution is 2.27. The summed E-state index contributed by atoms with van der Waals surface area (Å²) >= 11 is 11.7. The molecule has 1 N–H and O–H groups in total. The van der Waals surface area contributed by atoms with Gasteiger partial charge in [0.15, 0.2) is 0 Å². The van der Waals surface area contributed by atoms with E-state index in [2.05, 4.69) is 10.1 Å². The Morgan fingerprint density at radius 1 is 1.35 bits per heavy atom. The Morgan fingerprint density at radius 2 is 1.96 bits per heavy atom. The maximum atomic E-state index is 12.8. The van der Waals surface area contributed by atoms with Crippen molar-refractivity contribution in [2.75, 3.05) is 20.2 Å². The van der Waals surface area contributed by atoms with Crippen LogP contribution in [0.5, 0.6) is 0 Å². The molecule has 7 nitrogen and oxygen atoms in total. The van der Waals surface area contributed by atoms with Crippen LogP contribution in [0.4, 0.5) is 0 Å². The molecule has 1 aliphatic heterocycles. The standard InChI is InChI=1S/C13H14Cl2N2O5S/c1-22-12(18)7-11-13(19)16-2-3-17(11)23(20,21)10-5-8(14)4-9(15)6-10/h4-6,11H,2-3,7H2,1H3,(H,16,19). The molecule has 23 heavy (non-hydrogen) atoms. The van der Waals surface area contributed by atoms with Gasteiger partial charge in [0, 0.05) is 23.1 Å². The zero-order valence-electron chi connectivity index (χ0n) is 12.1. The highest BCUT2D eigenvalue weighted by atomic mass is 35.5. The molecule has 1 atom stereocenters. The number of halogens is 2. The SMILES string of the molecule is COC(=O)CC1C(=O)NCCN1S(=O)(=O)c1cc(Cl)cc(Cl)c1. The molecule has 1 aliphatic rings. The first-order valence-electron chi connectivity index (χ1n) is 6.58. The van der Waals surface area contributed by atoms with E-state index in [0.717, 1.165) is 4.31 Å². The van der Waals surface area contributed by atoms with Crippen molar-refractivity contribution in [3.8, 4) is 0 Å². The number of carbonyl (C=O) groups excluding carboxylic acids is 2. The summed E-state index contributed by atoms with van der Waals surface area (Å²) in [4.78, 5) is 23.3. The Bertz CT molecular complexity index is 718. The summed E-state index contributed by atoms with van der Waals surface area (Å²) in [6.07, 6.45) is -0.379. The lowest BCUT2D eigenvalue weighted by Gasteiger charge is -2.33. The number of benzene rings is 1. The van der Waals surface area contributed by atoms with E-state index in [1.165, 1.54) is 25.3 Å². The molecule has 1 unspecified atom stereocenters. The largest absolute Gasteiger partial charge is 0.469 e. The van der Waals surface area contributed by atoms with Crippen LogP contribution in [-0.2, 0) is 24.3 Å². The smallest absolute Gasteiger partial charge is 0.307 e. The van der Waals surface area contributed by atoms with Crippen molar-refractivity contribution in [3.05, 3.63) is 28.2 Å². The molecule has 1 saturated heterocycles. The second-order valence-electron chi connectivity index (χ2n) is 4.81. The summed E-state index contributed by atoms with van der Waals surface area (Å²) in [6.45, 7) is 0.171. The van der Waals surface area contributed by atoms with Gasteiger partial charge in [-0.2, -0.15) is 4.31 Å². The summed E-state index contributed by atoms with van der Waals surface area (Å²) in [6, 6.07) is 2.70. The first kappa shape index (κ1) is 18.0. The van der Waals surface area contributed by atoms with Gasteiger partial charge < -0.3 is 10.1 Å². The third-order valence-corrected chi connectivity index (χ3v) is 5.63. The van der Waals surface area contributed by atoms with Gasteiger partial charge in [0.05, 0.1) is 18.4 Å². The van der Waals surface area contributed by atoms with E-state index >= 15 is 0 Å². The number of ether oxygens (including phenoxy) is 1. The number of hydrogen-bond acceptors (Lipinski definition) is 5. The third kappa shape index (κ3) is 3.95. The van der Waals surface area contributed by atoms with Crippen molar-refractivity contribution >= 4 is 45.1 Å². The summed E-state index contributed by atoms with van der Waals surface area (Å²) in [7, 11) is -2.88. The predicted octanol–water partition coefficient (Wildman–Crippen LogP) is 1.05. The van der Waals surface area contributed by atoms with Crippen LogP contribution in [0.2, 0.25) is 10.0 Å². The zero-order chi connectivity index (χ0) is 17.2. The molecule has 1 aromatic rings. The minimum absolute atomic E-state index is 0.0276. The van der Waals surface area contributed by atoms with Crippen LogP contribution in [0.25, 0.3) is 0 Å². The maximum Gasteiger partial charge on any atom is 0.307 e. The number of sulfonamides is 1. The van der Waals surface area contributed by atoms with E-state index in [4.69, 9.17) is 23.2 Å². The number of hydrogen-bond donors (Lipinski definition) is 1. The second-order valence-corrected chi connectivity index (χ2v) is 7.57. The molecule has 0 aromatic heterocycles. The number of nitrogens with zero attached hydrogens (tertiary/aromatic N) is 1. The van der Waals surface area contributed by atoms with E-state index < -0.39 is 27.9 Å². The van der Waals surface area contributed by atoms with Crippen molar-refractivity contribution in [1.29, 1.82) is 0 Å². The predicted molar refractivity (Wildman–Crippen MR) is 83.8 cm³/mol. The van der Waals surface area contributed by atoms with Crippen LogP contribution in [0, 0.1) is 0 Å². The Labute approximate surface area is 143 Å². The minimum atomic E-state index is -4.05. The molecule has 0 radical (unpaired) electrons. The fraction of sp³-hybridized carbons (Fsp3) is 0.385. The molecule has 1 aromatic carbocycles. The van der Waals surface area contributed by atoms with Crippen LogP contribution in [0.1, 0.15) is 6.42 Å².